The zero-order chi connectivity index (χ0) is 14.8. The highest BCUT2D eigenvalue weighted by molar-refractivity contribution is 14.0. The third-order valence-electron chi connectivity index (χ3n) is 2.72. The lowest BCUT2D eigenvalue weighted by Crippen LogP contribution is -2.39. The molecule has 1 aromatic heterocycles. The van der Waals surface area contributed by atoms with Crippen molar-refractivity contribution in [1.29, 1.82) is 0 Å². The lowest BCUT2D eigenvalue weighted by atomic mass is 10.3. The number of benzene rings is 1. The molecule has 0 aliphatic carbocycles. The van der Waals surface area contributed by atoms with Crippen molar-refractivity contribution in [3.8, 4) is 5.75 Å². The molecule has 0 aliphatic heterocycles. The Morgan fingerprint density at radius 2 is 1.95 bits per heavy atom. The van der Waals surface area contributed by atoms with Gasteiger partial charge >= 0.3 is 0 Å². The van der Waals surface area contributed by atoms with Crippen LogP contribution in [0.1, 0.15) is 12.7 Å². The Bertz CT molecular complexity index is 530. The molecule has 0 atom stereocenters. The van der Waals surface area contributed by atoms with Gasteiger partial charge in [-0.05, 0) is 31.2 Å². The normalized spacial score (nSPS) is 10.7. The summed E-state index contributed by atoms with van der Waals surface area (Å²) in [5, 5.41) is 6.41. The summed E-state index contributed by atoms with van der Waals surface area (Å²) in [4.78, 5) is 4.45. The Labute approximate surface area is 148 Å². The third-order valence-corrected chi connectivity index (χ3v) is 2.72. The van der Waals surface area contributed by atoms with Crippen molar-refractivity contribution in [2.75, 3.05) is 19.7 Å². The van der Waals surface area contributed by atoms with E-state index in [0.29, 0.717) is 19.7 Å². The maximum absolute atomic E-state index is 5.62. The van der Waals surface area contributed by atoms with Crippen LogP contribution in [0, 0.1) is 0 Å². The summed E-state index contributed by atoms with van der Waals surface area (Å²) >= 11 is 0. The van der Waals surface area contributed by atoms with Crippen LogP contribution >= 0.6 is 24.0 Å². The van der Waals surface area contributed by atoms with Gasteiger partial charge in [-0.2, -0.15) is 0 Å². The Hall–Kier alpha value is -1.70. The zero-order valence-corrected chi connectivity index (χ0v) is 14.9. The first-order valence-corrected chi connectivity index (χ1v) is 7.11. The molecule has 0 amide bonds. The lowest BCUT2D eigenvalue weighted by molar-refractivity contribution is 0.322. The van der Waals surface area contributed by atoms with Crippen LogP contribution in [0.3, 0.4) is 0 Å². The standard InChI is InChI=1S/C16H21N3O2.HI/c1-2-17-16(19-13-15-9-6-11-20-15)18-10-12-21-14-7-4-3-5-8-14;/h3-9,11H,2,10,12-13H2,1H3,(H2,17,18,19);1H. The molecule has 2 rings (SSSR count). The number of para-hydroxylation sites is 1. The predicted octanol–water partition coefficient (Wildman–Crippen LogP) is 3.03. The first-order valence-electron chi connectivity index (χ1n) is 7.11. The minimum absolute atomic E-state index is 0. The van der Waals surface area contributed by atoms with Crippen LogP contribution in [0.25, 0.3) is 0 Å². The maximum atomic E-state index is 5.62. The van der Waals surface area contributed by atoms with Crippen LogP contribution in [0.15, 0.2) is 58.1 Å². The summed E-state index contributed by atoms with van der Waals surface area (Å²) in [6.07, 6.45) is 1.65. The first kappa shape index (κ1) is 18.3. The SMILES string of the molecule is CCNC(=NCc1ccco1)NCCOc1ccccc1.I. The molecular weight excluding hydrogens is 393 g/mol. The summed E-state index contributed by atoms with van der Waals surface area (Å²) < 4.78 is 10.9. The van der Waals surface area contributed by atoms with E-state index >= 15 is 0 Å². The molecule has 0 aliphatic rings. The molecule has 2 N–H and O–H groups in total. The second-order valence-corrected chi connectivity index (χ2v) is 4.36. The second kappa shape index (κ2) is 10.9. The quantitative estimate of drug-likeness (QED) is 0.316. The molecule has 22 heavy (non-hydrogen) atoms. The smallest absolute Gasteiger partial charge is 0.191 e. The number of hydrogen-bond donors (Lipinski definition) is 2. The van der Waals surface area contributed by atoms with Gasteiger partial charge in [0.05, 0.1) is 12.8 Å². The molecule has 5 nitrogen and oxygen atoms in total. The van der Waals surface area contributed by atoms with Crippen LogP contribution in [0.2, 0.25) is 0 Å². The molecule has 0 bridgehead atoms. The number of ether oxygens (including phenoxy) is 1. The average Bonchev–Trinajstić information content (AvgIpc) is 3.03. The molecule has 0 unspecified atom stereocenters. The highest BCUT2D eigenvalue weighted by Gasteiger charge is 1.99. The van der Waals surface area contributed by atoms with E-state index in [1.54, 1.807) is 6.26 Å². The van der Waals surface area contributed by atoms with Crippen molar-refractivity contribution in [3.63, 3.8) is 0 Å². The number of guanidine groups is 1. The highest BCUT2D eigenvalue weighted by atomic mass is 127. The van der Waals surface area contributed by atoms with E-state index in [4.69, 9.17) is 9.15 Å². The molecule has 120 valence electrons. The van der Waals surface area contributed by atoms with Gasteiger partial charge in [0.1, 0.15) is 24.7 Å². The molecule has 0 saturated heterocycles. The molecular formula is C16H22IN3O2. The van der Waals surface area contributed by atoms with Gasteiger partial charge in [0.25, 0.3) is 0 Å². The van der Waals surface area contributed by atoms with Gasteiger partial charge in [0.15, 0.2) is 5.96 Å². The minimum atomic E-state index is 0. The predicted molar refractivity (Wildman–Crippen MR) is 98.9 cm³/mol. The van der Waals surface area contributed by atoms with Gasteiger partial charge in [-0.1, -0.05) is 18.2 Å². The number of furan rings is 1. The van der Waals surface area contributed by atoms with Crippen LogP contribution in [0.4, 0.5) is 0 Å². The third kappa shape index (κ3) is 6.84. The number of hydrogen-bond acceptors (Lipinski definition) is 3. The van der Waals surface area contributed by atoms with E-state index in [1.807, 2.05) is 49.4 Å². The van der Waals surface area contributed by atoms with E-state index in [1.165, 1.54) is 0 Å². The summed E-state index contributed by atoms with van der Waals surface area (Å²) in [5.74, 6) is 2.47. The molecule has 0 spiro atoms. The van der Waals surface area contributed by atoms with Crippen molar-refractivity contribution < 1.29 is 9.15 Å². The van der Waals surface area contributed by atoms with Crippen molar-refractivity contribution in [2.45, 2.75) is 13.5 Å². The van der Waals surface area contributed by atoms with Crippen molar-refractivity contribution in [2.24, 2.45) is 4.99 Å². The van der Waals surface area contributed by atoms with Gasteiger partial charge in [-0.25, -0.2) is 4.99 Å². The van der Waals surface area contributed by atoms with Crippen molar-refractivity contribution in [1.82, 2.24) is 10.6 Å². The summed E-state index contributed by atoms with van der Waals surface area (Å²) in [5.41, 5.74) is 0. The molecule has 0 saturated carbocycles. The van der Waals surface area contributed by atoms with Crippen LogP contribution in [0.5, 0.6) is 5.75 Å². The maximum Gasteiger partial charge on any atom is 0.191 e. The zero-order valence-electron chi connectivity index (χ0n) is 12.6. The van der Waals surface area contributed by atoms with Gasteiger partial charge in [0.2, 0.25) is 0 Å². The Morgan fingerprint density at radius 1 is 1.14 bits per heavy atom. The Kier molecular flexibility index (Phi) is 9.13. The fourth-order valence-electron chi connectivity index (χ4n) is 1.76. The number of nitrogens with zero attached hydrogens (tertiary/aromatic N) is 1. The van der Waals surface area contributed by atoms with Gasteiger partial charge in [-0.3, -0.25) is 0 Å². The first-order chi connectivity index (χ1) is 10.4. The van der Waals surface area contributed by atoms with Crippen LogP contribution < -0.4 is 15.4 Å². The fourth-order valence-corrected chi connectivity index (χ4v) is 1.76. The van der Waals surface area contributed by atoms with Gasteiger partial charge in [0, 0.05) is 6.54 Å². The van der Waals surface area contributed by atoms with E-state index in [9.17, 15) is 0 Å². The van der Waals surface area contributed by atoms with Gasteiger partial charge < -0.3 is 19.8 Å². The van der Waals surface area contributed by atoms with E-state index in [2.05, 4.69) is 15.6 Å². The van der Waals surface area contributed by atoms with Gasteiger partial charge in [-0.15, -0.1) is 24.0 Å². The van der Waals surface area contributed by atoms with Crippen LogP contribution in [-0.2, 0) is 6.54 Å². The Balaban J connectivity index is 0.00000242. The van der Waals surface area contributed by atoms with E-state index < -0.39 is 0 Å². The summed E-state index contributed by atoms with van der Waals surface area (Å²) in [7, 11) is 0. The van der Waals surface area contributed by atoms with E-state index in [-0.39, 0.29) is 24.0 Å². The largest absolute Gasteiger partial charge is 0.492 e. The summed E-state index contributed by atoms with van der Waals surface area (Å²) in [6, 6.07) is 13.5. The number of halogens is 1. The second-order valence-electron chi connectivity index (χ2n) is 4.36. The Morgan fingerprint density at radius 3 is 2.64 bits per heavy atom. The van der Waals surface area contributed by atoms with Crippen LogP contribution in [-0.4, -0.2) is 25.7 Å². The summed E-state index contributed by atoms with van der Waals surface area (Å²) in [6.45, 7) is 4.62. The monoisotopic (exact) mass is 415 g/mol. The lowest BCUT2D eigenvalue weighted by Gasteiger charge is -2.11. The minimum Gasteiger partial charge on any atom is -0.492 e. The molecule has 1 aromatic carbocycles. The number of aliphatic imine (C=N–C) groups is 1. The van der Waals surface area contributed by atoms with E-state index in [0.717, 1.165) is 24.0 Å². The molecule has 2 aromatic rings. The molecule has 1 heterocycles. The number of nitrogens with one attached hydrogen (secondary N) is 2. The molecule has 6 heteroatoms. The highest BCUT2D eigenvalue weighted by Crippen LogP contribution is 2.07. The molecule has 0 radical (unpaired) electrons. The number of rotatable bonds is 7. The van der Waals surface area contributed by atoms with Crippen molar-refractivity contribution in [3.05, 3.63) is 54.5 Å². The topological polar surface area (TPSA) is 58.8 Å². The van der Waals surface area contributed by atoms with Crippen molar-refractivity contribution >= 4 is 29.9 Å². The average molecular weight is 415 g/mol. The molecule has 0 fully saturated rings. The fraction of sp³-hybridized carbons (Fsp3) is 0.312.